The Morgan fingerprint density at radius 3 is 2.57 bits per heavy atom. The minimum Gasteiger partial charge on any atom is -0.466 e. The molecular formula is C25H29FN4O5. The van der Waals surface area contributed by atoms with Crippen molar-refractivity contribution in [2.45, 2.75) is 32.9 Å². The summed E-state index contributed by atoms with van der Waals surface area (Å²) >= 11 is 0. The Balaban J connectivity index is 1.42. The highest BCUT2D eigenvalue weighted by Crippen LogP contribution is 2.30. The quantitative estimate of drug-likeness (QED) is 0.580. The number of anilines is 2. The number of hydrogen-bond donors (Lipinski definition) is 0. The van der Waals surface area contributed by atoms with Crippen LogP contribution in [-0.4, -0.2) is 67.4 Å². The second-order valence-corrected chi connectivity index (χ2v) is 8.66. The molecule has 0 N–H and O–H groups in total. The van der Waals surface area contributed by atoms with Gasteiger partial charge in [-0.25, -0.2) is 14.2 Å². The molecule has 0 saturated carbocycles. The van der Waals surface area contributed by atoms with Gasteiger partial charge in [0.25, 0.3) is 0 Å². The molecule has 4 rings (SSSR count). The number of ether oxygens (including phenoxy) is 2. The van der Waals surface area contributed by atoms with Crippen LogP contribution in [0.2, 0.25) is 0 Å². The lowest BCUT2D eigenvalue weighted by molar-refractivity contribution is -0.148. The van der Waals surface area contributed by atoms with E-state index in [2.05, 4.69) is 9.88 Å². The number of likely N-dealkylation sites (N-methyl/N-ethyl adjacent to an activating group) is 1. The molecule has 2 fully saturated rings. The molecule has 0 radical (unpaired) electrons. The van der Waals surface area contributed by atoms with E-state index in [9.17, 15) is 14.4 Å². The van der Waals surface area contributed by atoms with E-state index in [1.54, 1.807) is 38.4 Å². The molecule has 2 aliphatic heterocycles. The van der Waals surface area contributed by atoms with E-state index < -0.39 is 18.1 Å². The lowest BCUT2D eigenvalue weighted by atomic mass is 9.97. The van der Waals surface area contributed by atoms with E-state index in [1.807, 2.05) is 6.07 Å². The molecule has 2 amide bonds. The molecule has 10 heteroatoms. The van der Waals surface area contributed by atoms with Crippen molar-refractivity contribution in [1.82, 2.24) is 9.88 Å². The van der Waals surface area contributed by atoms with Gasteiger partial charge in [-0.15, -0.1) is 0 Å². The van der Waals surface area contributed by atoms with E-state index in [4.69, 9.17) is 9.47 Å². The number of carbonyl (C=O) groups excluding carboxylic acids is 3. The minimum atomic E-state index is -0.721. The molecule has 0 spiro atoms. The number of halogens is 1. The number of amides is 2. The van der Waals surface area contributed by atoms with Crippen LogP contribution < -0.4 is 9.80 Å². The number of pyridine rings is 1. The van der Waals surface area contributed by atoms with Crippen molar-refractivity contribution in [2.75, 3.05) is 43.1 Å². The molecule has 0 unspecified atom stereocenters. The minimum absolute atomic E-state index is 0.0795. The molecule has 1 aromatic carbocycles. The summed E-state index contributed by atoms with van der Waals surface area (Å²) in [6.45, 7) is 5.10. The summed E-state index contributed by atoms with van der Waals surface area (Å²) in [6.07, 6.45) is 1.68. The van der Waals surface area contributed by atoms with Crippen LogP contribution in [0.3, 0.4) is 0 Å². The van der Waals surface area contributed by atoms with Crippen molar-refractivity contribution < 1.29 is 28.2 Å². The topological polar surface area (TPSA) is 92.3 Å². The van der Waals surface area contributed by atoms with Gasteiger partial charge in [-0.05, 0) is 50.1 Å². The highest BCUT2D eigenvalue weighted by molar-refractivity contribution is 5.90. The molecule has 2 aliphatic rings. The standard InChI is InChI=1S/C25H29FN4O5/c1-4-34-24(32)17-9-11-29(12-10-17)22-8-5-18(14-27-22)20-7-6-19(13-21(20)26)30-15-23(35-25(30)33)28(3)16(2)31/h5-8,13-14,17,23H,4,9-12,15H2,1-3H3/t23-/m0/s1. The van der Waals surface area contributed by atoms with Crippen LogP contribution in [0.1, 0.15) is 26.7 Å². The summed E-state index contributed by atoms with van der Waals surface area (Å²) in [5.41, 5.74) is 1.32. The molecule has 2 aromatic rings. The Hall–Kier alpha value is -3.69. The summed E-state index contributed by atoms with van der Waals surface area (Å²) in [5.74, 6) is -0.176. The number of rotatable bonds is 6. The average molecular weight is 485 g/mol. The Bertz CT molecular complexity index is 1100. The maximum absolute atomic E-state index is 15.0. The zero-order valence-electron chi connectivity index (χ0n) is 20.1. The van der Waals surface area contributed by atoms with Gasteiger partial charge in [0.05, 0.1) is 24.8 Å². The van der Waals surface area contributed by atoms with Crippen LogP contribution in [0.25, 0.3) is 11.1 Å². The molecule has 186 valence electrons. The second kappa shape index (κ2) is 10.3. The number of nitrogens with zero attached hydrogens (tertiary/aromatic N) is 4. The number of cyclic esters (lactones) is 1. The summed E-state index contributed by atoms with van der Waals surface area (Å²) in [6, 6.07) is 8.17. The number of esters is 1. The number of carbonyl (C=O) groups is 3. The van der Waals surface area contributed by atoms with Crippen molar-refractivity contribution in [2.24, 2.45) is 5.92 Å². The molecule has 2 saturated heterocycles. The summed E-state index contributed by atoms with van der Waals surface area (Å²) in [4.78, 5) is 45.0. The first-order valence-corrected chi connectivity index (χ1v) is 11.7. The van der Waals surface area contributed by atoms with Crippen molar-refractivity contribution in [3.05, 3.63) is 42.3 Å². The molecule has 1 atom stereocenters. The van der Waals surface area contributed by atoms with Crippen LogP contribution in [0.4, 0.5) is 20.7 Å². The van der Waals surface area contributed by atoms with E-state index >= 15 is 4.39 Å². The van der Waals surface area contributed by atoms with E-state index in [-0.39, 0.29) is 24.3 Å². The highest BCUT2D eigenvalue weighted by atomic mass is 19.1. The SMILES string of the molecule is CCOC(=O)C1CCN(c2ccc(-c3ccc(N4C[C@@H](N(C)C(C)=O)OC4=O)cc3F)cn2)CC1. The fourth-order valence-corrected chi connectivity index (χ4v) is 4.31. The summed E-state index contributed by atoms with van der Waals surface area (Å²) < 4.78 is 25.4. The maximum atomic E-state index is 15.0. The molecule has 9 nitrogen and oxygen atoms in total. The first-order chi connectivity index (χ1) is 16.8. The van der Waals surface area contributed by atoms with Gasteiger partial charge in [-0.1, -0.05) is 0 Å². The number of aromatic nitrogens is 1. The lowest BCUT2D eigenvalue weighted by Crippen LogP contribution is -2.38. The van der Waals surface area contributed by atoms with Gasteiger partial charge in [0.2, 0.25) is 5.91 Å². The van der Waals surface area contributed by atoms with Gasteiger partial charge in [-0.2, -0.15) is 0 Å². The number of benzene rings is 1. The second-order valence-electron chi connectivity index (χ2n) is 8.66. The molecule has 1 aromatic heterocycles. The first-order valence-electron chi connectivity index (χ1n) is 11.7. The maximum Gasteiger partial charge on any atom is 0.416 e. The number of piperidine rings is 1. The highest BCUT2D eigenvalue weighted by Gasteiger charge is 2.36. The van der Waals surface area contributed by atoms with E-state index in [0.29, 0.717) is 49.4 Å². The van der Waals surface area contributed by atoms with Crippen molar-refractivity contribution in [3.63, 3.8) is 0 Å². The molecule has 3 heterocycles. The predicted molar refractivity (Wildman–Crippen MR) is 127 cm³/mol. The fraction of sp³-hybridized carbons (Fsp3) is 0.440. The molecule has 35 heavy (non-hydrogen) atoms. The zero-order chi connectivity index (χ0) is 25.1. The van der Waals surface area contributed by atoms with Crippen molar-refractivity contribution >= 4 is 29.5 Å². The van der Waals surface area contributed by atoms with Crippen LogP contribution in [-0.2, 0) is 19.1 Å². The summed E-state index contributed by atoms with van der Waals surface area (Å²) in [7, 11) is 1.55. The van der Waals surface area contributed by atoms with Crippen LogP contribution in [0, 0.1) is 11.7 Å². The third kappa shape index (κ3) is 5.21. The molecular weight excluding hydrogens is 455 g/mol. The van der Waals surface area contributed by atoms with Gasteiger partial charge >= 0.3 is 12.1 Å². The third-order valence-corrected chi connectivity index (χ3v) is 6.49. The Kier molecular flexibility index (Phi) is 7.18. The van der Waals surface area contributed by atoms with E-state index in [1.165, 1.54) is 22.8 Å². The van der Waals surface area contributed by atoms with E-state index in [0.717, 1.165) is 5.82 Å². The van der Waals surface area contributed by atoms with Gasteiger partial charge < -0.3 is 19.3 Å². The Morgan fingerprint density at radius 1 is 1.23 bits per heavy atom. The first kappa shape index (κ1) is 24.4. The summed E-state index contributed by atoms with van der Waals surface area (Å²) in [5, 5.41) is 0. The van der Waals surface area contributed by atoms with Crippen molar-refractivity contribution in [3.8, 4) is 11.1 Å². The average Bonchev–Trinajstić information content (AvgIpc) is 3.25. The largest absolute Gasteiger partial charge is 0.466 e. The third-order valence-electron chi connectivity index (χ3n) is 6.49. The lowest BCUT2D eigenvalue weighted by Gasteiger charge is -2.31. The van der Waals surface area contributed by atoms with Crippen LogP contribution in [0.5, 0.6) is 0 Å². The van der Waals surface area contributed by atoms with Crippen LogP contribution >= 0.6 is 0 Å². The molecule has 0 aliphatic carbocycles. The molecule has 0 bridgehead atoms. The van der Waals surface area contributed by atoms with Crippen LogP contribution in [0.15, 0.2) is 36.5 Å². The van der Waals surface area contributed by atoms with Gasteiger partial charge in [0.15, 0.2) is 6.23 Å². The smallest absolute Gasteiger partial charge is 0.416 e. The van der Waals surface area contributed by atoms with Gasteiger partial charge in [0, 0.05) is 44.4 Å². The normalized spacial score (nSPS) is 18.4. The van der Waals surface area contributed by atoms with Gasteiger partial charge in [-0.3, -0.25) is 14.5 Å². The monoisotopic (exact) mass is 484 g/mol. The fourth-order valence-electron chi connectivity index (χ4n) is 4.31. The number of hydrogen-bond acceptors (Lipinski definition) is 7. The van der Waals surface area contributed by atoms with Gasteiger partial charge in [0.1, 0.15) is 11.6 Å². The van der Waals surface area contributed by atoms with Crippen molar-refractivity contribution in [1.29, 1.82) is 0 Å². The zero-order valence-corrected chi connectivity index (χ0v) is 20.1. The Morgan fingerprint density at radius 2 is 1.97 bits per heavy atom. The Labute approximate surface area is 203 Å². The predicted octanol–water partition coefficient (Wildman–Crippen LogP) is 3.43.